The highest BCUT2D eigenvalue weighted by molar-refractivity contribution is 5.78. The molecule has 1 amide bonds. The van der Waals surface area contributed by atoms with Crippen molar-refractivity contribution in [3.63, 3.8) is 0 Å². The van der Waals surface area contributed by atoms with Gasteiger partial charge < -0.3 is 20.8 Å². The maximum Gasteiger partial charge on any atom is 0.319 e. The molecule has 0 aliphatic rings. The van der Waals surface area contributed by atoms with Crippen LogP contribution in [0, 0.1) is 0 Å². The van der Waals surface area contributed by atoms with Crippen LogP contribution in [0.3, 0.4) is 0 Å². The molecule has 0 bridgehead atoms. The number of carbonyl (C=O) groups is 1. The molecule has 0 unspecified atom stereocenters. The molecule has 1 rings (SSSR count). The summed E-state index contributed by atoms with van der Waals surface area (Å²) in [6.07, 6.45) is 0. The second kappa shape index (κ2) is 3.74. The molecule has 7 nitrogen and oxygen atoms in total. The van der Waals surface area contributed by atoms with Gasteiger partial charge in [0, 0.05) is 6.54 Å². The summed E-state index contributed by atoms with van der Waals surface area (Å²) in [5.41, 5.74) is 10.2. The molecule has 0 atom stereocenters. The Hall–Kier alpha value is -1.79. The van der Waals surface area contributed by atoms with Crippen molar-refractivity contribution < 1.29 is 9.21 Å². The molecule has 7 heteroatoms. The fourth-order valence-electron chi connectivity index (χ4n) is 0.857. The Morgan fingerprint density at radius 1 is 1.62 bits per heavy atom. The summed E-state index contributed by atoms with van der Waals surface area (Å²) in [6.45, 7) is 2.42. The van der Waals surface area contributed by atoms with E-state index in [0.717, 1.165) is 0 Å². The molecule has 0 radical (unpaired) electrons. The topological polar surface area (TPSA) is 111 Å². The first-order valence-corrected chi connectivity index (χ1v) is 3.75. The maximum absolute atomic E-state index is 10.6. The monoisotopic (exact) mass is 185 g/mol. The smallest absolute Gasteiger partial charge is 0.319 e. The summed E-state index contributed by atoms with van der Waals surface area (Å²) in [5.74, 6) is -0.460. The van der Waals surface area contributed by atoms with Crippen LogP contribution in [0.25, 0.3) is 0 Å². The van der Waals surface area contributed by atoms with E-state index < -0.39 is 5.91 Å². The van der Waals surface area contributed by atoms with Gasteiger partial charge >= 0.3 is 12.0 Å². The van der Waals surface area contributed by atoms with Gasteiger partial charge in [-0.15, -0.1) is 0 Å². The van der Waals surface area contributed by atoms with Crippen LogP contribution in [0.5, 0.6) is 0 Å². The Labute approximate surface area is 74.7 Å². The zero-order chi connectivity index (χ0) is 9.84. The zero-order valence-electron chi connectivity index (χ0n) is 7.23. The zero-order valence-corrected chi connectivity index (χ0v) is 7.23. The summed E-state index contributed by atoms with van der Waals surface area (Å²) in [7, 11) is 0. The van der Waals surface area contributed by atoms with Crippen LogP contribution in [-0.4, -0.2) is 29.2 Å². The van der Waals surface area contributed by atoms with Crippen LogP contribution in [0.2, 0.25) is 0 Å². The third kappa shape index (κ3) is 2.32. The first kappa shape index (κ1) is 9.30. The summed E-state index contributed by atoms with van der Waals surface area (Å²) in [5, 5.41) is 7.08. The number of nitrogens with two attached hydrogens (primary N) is 2. The van der Waals surface area contributed by atoms with Gasteiger partial charge in [-0.25, -0.2) is 0 Å². The molecule has 4 N–H and O–H groups in total. The molecule has 1 aromatic rings. The van der Waals surface area contributed by atoms with E-state index in [0.29, 0.717) is 6.54 Å². The number of primary amides is 1. The van der Waals surface area contributed by atoms with E-state index in [1.807, 2.05) is 6.92 Å². The van der Waals surface area contributed by atoms with Crippen LogP contribution < -0.4 is 16.4 Å². The Balaban J connectivity index is 2.72. The summed E-state index contributed by atoms with van der Waals surface area (Å²) < 4.78 is 4.91. The number of nitrogens with zero attached hydrogens (tertiary/aromatic N) is 3. The first-order chi connectivity index (χ1) is 6.13. The van der Waals surface area contributed by atoms with Crippen molar-refractivity contribution in [1.29, 1.82) is 0 Å². The lowest BCUT2D eigenvalue weighted by Crippen LogP contribution is -2.33. The molecule has 0 aliphatic heterocycles. The van der Waals surface area contributed by atoms with Gasteiger partial charge in [-0.1, -0.05) is 10.2 Å². The summed E-state index contributed by atoms with van der Waals surface area (Å²) in [6, 6.07) is 0.178. The maximum atomic E-state index is 10.6. The molecule has 1 aromatic heterocycles. The fraction of sp³-hybridized carbons (Fsp3) is 0.500. The minimum Gasteiger partial charge on any atom is -0.390 e. The van der Waals surface area contributed by atoms with Crippen LogP contribution in [0.15, 0.2) is 4.42 Å². The normalized spacial score (nSPS) is 9.92. The van der Waals surface area contributed by atoms with Crippen molar-refractivity contribution in [1.82, 2.24) is 10.2 Å². The van der Waals surface area contributed by atoms with E-state index in [1.165, 1.54) is 4.90 Å². The molecular weight excluding hydrogens is 174 g/mol. The molecular formula is C6H11N5O2. The standard InChI is InChI=1S/C6H11N5O2/c1-2-11(3-4(7)12)6-10-9-5(8)13-6/h2-3H2,1H3,(H2,7,12)(H2,8,9). The largest absolute Gasteiger partial charge is 0.390 e. The molecule has 0 saturated heterocycles. The predicted octanol–water partition coefficient (Wildman–Crippen LogP) is -1.04. The minimum atomic E-state index is -0.460. The second-order valence-corrected chi connectivity index (χ2v) is 2.40. The van der Waals surface area contributed by atoms with Gasteiger partial charge in [-0.05, 0) is 6.92 Å². The van der Waals surface area contributed by atoms with E-state index in [-0.39, 0.29) is 18.6 Å². The van der Waals surface area contributed by atoms with Gasteiger partial charge in [0.2, 0.25) is 5.91 Å². The van der Waals surface area contributed by atoms with Gasteiger partial charge in [-0.2, -0.15) is 0 Å². The Morgan fingerprint density at radius 2 is 2.31 bits per heavy atom. The van der Waals surface area contributed by atoms with Gasteiger partial charge in [0.05, 0.1) is 0 Å². The number of likely N-dealkylation sites (N-methyl/N-ethyl adjacent to an activating group) is 1. The van der Waals surface area contributed by atoms with E-state index in [1.54, 1.807) is 0 Å². The molecule has 0 aliphatic carbocycles. The van der Waals surface area contributed by atoms with Crippen LogP contribution in [-0.2, 0) is 4.79 Å². The van der Waals surface area contributed by atoms with Crippen molar-refractivity contribution in [2.75, 3.05) is 23.7 Å². The number of carbonyl (C=O) groups excluding carboxylic acids is 1. The van der Waals surface area contributed by atoms with Crippen LogP contribution in [0.1, 0.15) is 6.92 Å². The molecule has 72 valence electrons. The van der Waals surface area contributed by atoms with Crippen molar-refractivity contribution in [2.24, 2.45) is 5.73 Å². The number of amides is 1. The number of anilines is 2. The van der Waals surface area contributed by atoms with Gasteiger partial charge in [-0.3, -0.25) is 4.79 Å². The summed E-state index contributed by atoms with van der Waals surface area (Å²) in [4.78, 5) is 12.1. The average molecular weight is 185 g/mol. The Morgan fingerprint density at radius 3 is 2.69 bits per heavy atom. The summed E-state index contributed by atoms with van der Waals surface area (Å²) >= 11 is 0. The van der Waals surface area contributed by atoms with E-state index >= 15 is 0 Å². The number of aromatic nitrogens is 2. The van der Waals surface area contributed by atoms with Crippen molar-refractivity contribution in [3.8, 4) is 0 Å². The van der Waals surface area contributed by atoms with E-state index in [2.05, 4.69) is 10.2 Å². The van der Waals surface area contributed by atoms with Crippen molar-refractivity contribution in [3.05, 3.63) is 0 Å². The molecule has 0 fully saturated rings. The lowest BCUT2D eigenvalue weighted by molar-refractivity contribution is -0.116. The second-order valence-electron chi connectivity index (χ2n) is 2.40. The van der Waals surface area contributed by atoms with Gasteiger partial charge in [0.1, 0.15) is 6.54 Å². The van der Waals surface area contributed by atoms with E-state index in [4.69, 9.17) is 15.9 Å². The molecule has 1 heterocycles. The van der Waals surface area contributed by atoms with Crippen molar-refractivity contribution in [2.45, 2.75) is 6.92 Å². The van der Waals surface area contributed by atoms with Crippen LogP contribution in [0.4, 0.5) is 12.0 Å². The number of hydrogen-bond acceptors (Lipinski definition) is 6. The highest BCUT2D eigenvalue weighted by Gasteiger charge is 2.13. The Kier molecular flexibility index (Phi) is 2.68. The first-order valence-electron chi connectivity index (χ1n) is 3.75. The molecule has 0 aromatic carbocycles. The molecule has 0 spiro atoms. The minimum absolute atomic E-state index is 0.0297. The number of nitrogen functional groups attached to an aromatic ring is 1. The highest BCUT2D eigenvalue weighted by Crippen LogP contribution is 2.11. The lowest BCUT2D eigenvalue weighted by Gasteiger charge is -2.14. The van der Waals surface area contributed by atoms with E-state index in [9.17, 15) is 4.79 Å². The number of rotatable bonds is 4. The quantitative estimate of drug-likeness (QED) is 0.620. The average Bonchev–Trinajstić information content (AvgIpc) is 2.47. The third-order valence-corrected chi connectivity index (χ3v) is 1.43. The lowest BCUT2D eigenvalue weighted by atomic mass is 10.5. The van der Waals surface area contributed by atoms with Gasteiger partial charge in [0.15, 0.2) is 0 Å². The third-order valence-electron chi connectivity index (χ3n) is 1.43. The fourth-order valence-corrected chi connectivity index (χ4v) is 0.857. The molecule has 0 saturated carbocycles. The molecule has 13 heavy (non-hydrogen) atoms. The SMILES string of the molecule is CCN(CC(N)=O)c1nnc(N)o1. The highest BCUT2D eigenvalue weighted by atomic mass is 16.4. The predicted molar refractivity (Wildman–Crippen MR) is 45.8 cm³/mol. The van der Waals surface area contributed by atoms with Gasteiger partial charge in [0.25, 0.3) is 0 Å². The van der Waals surface area contributed by atoms with Crippen LogP contribution >= 0.6 is 0 Å². The number of hydrogen-bond donors (Lipinski definition) is 2. The Bertz CT molecular complexity index is 297. The van der Waals surface area contributed by atoms with Crippen molar-refractivity contribution >= 4 is 17.9 Å².